The van der Waals surface area contributed by atoms with Gasteiger partial charge in [0.15, 0.2) is 0 Å². The lowest BCUT2D eigenvalue weighted by Gasteiger charge is -2.23. The molecule has 0 bridgehead atoms. The number of primary amides is 1. The Kier molecular flexibility index (Phi) is 3.74. The van der Waals surface area contributed by atoms with Gasteiger partial charge >= 0.3 is 0 Å². The second-order valence-electron chi connectivity index (χ2n) is 5.52. The number of hydrogen-bond donors (Lipinski definition) is 1. The molecule has 2 N–H and O–H groups in total. The second-order valence-corrected chi connectivity index (χ2v) is 7.47. The van der Waals surface area contributed by atoms with Gasteiger partial charge in [-0.1, -0.05) is 24.3 Å². The number of carbonyl (C=O) groups is 1. The van der Waals surface area contributed by atoms with Gasteiger partial charge in [0, 0.05) is 0 Å². The molecular weight excluding hydrogens is 298 g/mol. The second kappa shape index (κ2) is 5.57. The zero-order chi connectivity index (χ0) is 15.7. The SMILES string of the molecule is NC(=O)C1CCCc2cc(S(=O)(=O)c3ccccc3)ccc21. The number of fused-ring (bicyclic) bond motifs is 1. The van der Waals surface area contributed by atoms with Crippen molar-refractivity contribution in [1.29, 1.82) is 0 Å². The van der Waals surface area contributed by atoms with Gasteiger partial charge in [0.2, 0.25) is 15.7 Å². The van der Waals surface area contributed by atoms with E-state index in [2.05, 4.69) is 0 Å². The number of nitrogens with two attached hydrogens (primary N) is 1. The number of sulfone groups is 1. The summed E-state index contributed by atoms with van der Waals surface area (Å²) in [6, 6.07) is 13.4. The van der Waals surface area contributed by atoms with Gasteiger partial charge in [0.1, 0.15) is 0 Å². The number of benzene rings is 2. The fourth-order valence-corrected chi connectivity index (χ4v) is 4.32. The molecule has 1 atom stereocenters. The Labute approximate surface area is 129 Å². The van der Waals surface area contributed by atoms with E-state index in [0.717, 1.165) is 30.4 Å². The maximum absolute atomic E-state index is 12.6. The third-order valence-electron chi connectivity index (χ3n) is 4.14. The summed E-state index contributed by atoms with van der Waals surface area (Å²) in [5.41, 5.74) is 7.22. The van der Waals surface area contributed by atoms with Crippen molar-refractivity contribution in [3.63, 3.8) is 0 Å². The van der Waals surface area contributed by atoms with E-state index in [9.17, 15) is 13.2 Å². The van der Waals surface area contributed by atoms with Crippen LogP contribution in [0.3, 0.4) is 0 Å². The summed E-state index contributed by atoms with van der Waals surface area (Å²) in [6.45, 7) is 0. The molecule has 1 aliphatic carbocycles. The van der Waals surface area contributed by atoms with Crippen molar-refractivity contribution in [3.05, 3.63) is 59.7 Å². The van der Waals surface area contributed by atoms with Crippen LogP contribution >= 0.6 is 0 Å². The van der Waals surface area contributed by atoms with Crippen LogP contribution in [0, 0.1) is 0 Å². The predicted octanol–water partition coefficient (Wildman–Crippen LogP) is 2.42. The molecule has 2 aromatic rings. The Hall–Kier alpha value is -2.14. The van der Waals surface area contributed by atoms with Gasteiger partial charge in [-0.3, -0.25) is 4.79 Å². The topological polar surface area (TPSA) is 77.2 Å². The van der Waals surface area contributed by atoms with E-state index in [4.69, 9.17) is 5.73 Å². The molecule has 0 aromatic heterocycles. The van der Waals surface area contributed by atoms with E-state index < -0.39 is 9.84 Å². The molecule has 22 heavy (non-hydrogen) atoms. The van der Waals surface area contributed by atoms with Gasteiger partial charge in [-0.25, -0.2) is 8.42 Å². The van der Waals surface area contributed by atoms with Crippen LogP contribution in [0.15, 0.2) is 58.3 Å². The summed E-state index contributed by atoms with van der Waals surface area (Å²) >= 11 is 0. The zero-order valence-electron chi connectivity index (χ0n) is 12.0. The van der Waals surface area contributed by atoms with Crippen molar-refractivity contribution >= 4 is 15.7 Å². The molecule has 0 saturated carbocycles. The molecule has 114 valence electrons. The number of hydrogen-bond acceptors (Lipinski definition) is 3. The lowest BCUT2D eigenvalue weighted by Crippen LogP contribution is -2.25. The van der Waals surface area contributed by atoms with E-state index in [1.54, 1.807) is 48.5 Å². The smallest absolute Gasteiger partial charge is 0.224 e. The van der Waals surface area contributed by atoms with E-state index in [1.807, 2.05) is 0 Å². The molecular formula is C17H17NO3S. The highest BCUT2D eigenvalue weighted by atomic mass is 32.2. The molecule has 0 aliphatic heterocycles. The Morgan fingerprint density at radius 3 is 2.45 bits per heavy atom. The molecule has 4 nitrogen and oxygen atoms in total. The maximum atomic E-state index is 12.6. The zero-order valence-corrected chi connectivity index (χ0v) is 12.8. The average molecular weight is 315 g/mol. The van der Waals surface area contributed by atoms with E-state index in [1.165, 1.54) is 0 Å². The normalized spacial score (nSPS) is 17.7. The molecule has 1 unspecified atom stereocenters. The molecule has 1 amide bonds. The van der Waals surface area contributed by atoms with Gasteiger partial charge in [-0.2, -0.15) is 0 Å². The largest absolute Gasteiger partial charge is 0.369 e. The standard InChI is InChI=1S/C17H17NO3S/c18-17(19)16-8-4-5-12-11-14(9-10-15(12)16)22(20,21)13-6-2-1-3-7-13/h1-3,6-7,9-11,16H,4-5,8H2,(H2,18,19). The minimum atomic E-state index is -3.53. The van der Waals surface area contributed by atoms with Gasteiger partial charge in [-0.05, 0) is 54.7 Å². The highest BCUT2D eigenvalue weighted by Gasteiger charge is 2.26. The molecule has 3 rings (SSSR count). The lowest BCUT2D eigenvalue weighted by molar-refractivity contribution is -0.119. The minimum absolute atomic E-state index is 0.266. The predicted molar refractivity (Wildman–Crippen MR) is 83.2 cm³/mol. The monoisotopic (exact) mass is 315 g/mol. The number of amides is 1. The summed E-state index contributed by atoms with van der Waals surface area (Å²) in [7, 11) is -3.53. The average Bonchev–Trinajstić information content (AvgIpc) is 2.54. The highest BCUT2D eigenvalue weighted by Crippen LogP contribution is 2.33. The Balaban J connectivity index is 2.06. The summed E-state index contributed by atoms with van der Waals surface area (Å²) in [4.78, 5) is 12.1. The van der Waals surface area contributed by atoms with Crippen molar-refractivity contribution in [2.75, 3.05) is 0 Å². The fourth-order valence-electron chi connectivity index (χ4n) is 2.99. The fraction of sp³-hybridized carbons (Fsp3) is 0.235. The van der Waals surface area contributed by atoms with E-state index in [-0.39, 0.29) is 21.6 Å². The van der Waals surface area contributed by atoms with E-state index in [0.29, 0.717) is 0 Å². The third kappa shape index (κ3) is 2.52. The van der Waals surface area contributed by atoms with Crippen LogP contribution in [0.1, 0.15) is 29.9 Å². The van der Waals surface area contributed by atoms with Crippen molar-refractivity contribution in [2.45, 2.75) is 35.0 Å². The van der Waals surface area contributed by atoms with Crippen molar-refractivity contribution in [3.8, 4) is 0 Å². The first kappa shape index (κ1) is 14.8. The quantitative estimate of drug-likeness (QED) is 0.945. The van der Waals surface area contributed by atoms with Crippen LogP contribution in [0.4, 0.5) is 0 Å². The Morgan fingerprint density at radius 2 is 1.77 bits per heavy atom. The number of aryl methyl sites for hydroxylation is 1. The molecule has 2 aromatic carbocycles. The Bertz CT molecular complexity index is 813. The molecule has 0 saturated heterocycles. The summed E-state index contributed by atoms with van der Waals surface area (Å²) in [6.07, 6.45) is 2.35. The van der Waals surface area contributed by atoms with E-state index >= 15 is 0 Å². The number of carbonyl (C=O) groups excluding carboxylic acids is 1. The lowest BCUT2D eigenvalue weighted by atomic mass is 9.82. The molecule has 5 heteroatoms. The summed E-state index contributed by atoms with van der Waals surface area (Å²) in [5.74, 6) is -0.656. The third-order valence-corrected chi connectivity index (χ3v) is 5.90. The van der Waals surface area contributed by atoms with Crippen molar-refractivity contribution in [2.24, 2.45) is 5.73 Å². The van der Waals surface area contributed by atoms with Crippen molar-refractivity contribution < 1.29 is 13.2 Å². The molecule has 0 fully saturated rings. The van der Waals surface area contributed by atoms with Crippen LogP contribution < -0.4 is 5.73 Å². The first-order chi connectivity index (χ1) is 10.5. The van der Waals surface area contributed by atoms with Gasteiger partial charge < -0.3 is 5.73 Å². The highest BCUT2D eigenvalue weighted by molar-refractivity contribution is 7.91. The first-order valence-electron chi connectivity index (χ1n) is 7.22. The number of rotatable bonds is 3. The maximum Gasteiger partial charge on any atom is 0.224 e. The van der Waals surface area contributed by atoms with Gasteiger partial charge in [-0.15, -0.1) is 0 Å². The van der Waals surface area contributed by atoms with Crippen LogP contribution in [0.2, 0.25) is 0 Å². The van der Waals surface area contributed by atoms with Crippen LogP contribution in [-0.2, 0) is 21.1 Å². The summed E-state index contributed by atoms with van der Waals surface area (Å²) < 4.78 is 25.3. The van der Waals surface area contributed by atoms with Crippen molar-refractivity contribution in [1.82, 2.24) is 0 Å². The van der Waals surface area contributed by atoms with Gasteiger partial charge in [0.05, 0.1) is 15.7 Å². The minimum Gasteiger partial charge on any atom is -0.369 e. The van der Waals surface area contributed by atoms with Crippen LogP contribution in [0.5, 0.6) is 0 Å². The van der Waals surface area contributed by atoms with Crippen LogP contribution in [0.25, 0.3) is 0 Å². The van der Waals surface area contributed by atoms with Crippen LogP contribution in [-0.4, -0.2) is 14.3 Å². The molecule has 0 heterocycles. The molecule has 0 spiro atoms. The molecule has 0 radical (unpaired) electrons. The molecule has 1 aliphatic rings. The summed E-state index contributed by atoms with van der Waals surface area (Å²) in [5, 5.41) is 0. The Morgan fingerprint density at radius 1 is 1.05 bits per heavy atom. The van der Waals surface area contributed by atoms with Gasteiger partial charge in [0.25, 0.3) is 0 Å². The first-order valence-corrected chi connectivity index (χ1v) is 8.71.